The first-order valence-corrected chi connectivity index (χ1v) is 10.3. The maximum atomic E-state index is 12.9. The number of hydrogen-bond donors (Lipinski definition) is 2. The van der Waals surface area contributed by atoms with Gasteiger partial charge in [0.2, 0.25) is 0 Å². The highest BCUT2D eigenvalue weighted by molar-refractivity contribution is 5.95. The fourth-order valence-electron chi connectivity index (χ4n) is 3.60. The standard InChI is InChI=1S/C24H28N4O/c1-16(2)17-8-10-18(11-9-17)22(25)15-26-24(29)21-14-27-28(23(21)19-12-13-19)20-6-4-3-5-7-20/h3-11,14,16,19,22H,12-13,15,25H2,1-2H3,(H,26,29). The summed E-state index contributed by atoms with van der Waals surface area (Å²) in [5.74, 6) is 0.779. The van der Waals surface area contributed by atoms with Gasteiger partial charge in [0, 0.05) is 18.5 Å². The number of para-hydroxylation sites is 1. The maximum Gasteiger partial charge on any atom is 0.254 e. The van der Waals surface area contributed by atoms with Crippen LogP contribution in [0.3, 0.4) is 0 Å². The van der Waals surface area contributed by atoms with E-state index in [2.05, 4.69) is 48.5 Å². The van der Waals surface area contributed by atoms with Crippen molar-refractivity contribution in [3.63, 3.8) is 0 Å². The number of nitrogens with one attached hydrogen (secondary N) is 1. The molecule has 1 unspecified atom stereocenters. The summed E-state index contributed by atoms with van der Waals surface area (Å²) in [6, 6.07) is 18.0. The average molecular weight is 389 g/mol. The normalized spacial score (nSPS) is 14.8. The minimum absolute atomic E-state index is 0.108. The summed E-state index contributed by atoms with van der Waals surface area (Å²) in [6.45, 7) is 4.73. The van der Waals surface area contributed by atoms with E-state index >= 15 is 0 Å². The zero-order valence-electron chi connectivity index (χ0n) is 17.0. The van der Waals surface area contributed by atoms with Gasteiger partial charge < -0.3 is 11.1 Å². The Hall–Kier alpha value is -2.92. The number of benzene rings is 2. The number of carbonyl (C=O) groups excluding carboxylic acids is 1. The van der Waals surface area contributed by atoms with E-state index in [-0.39, 0.29) is 11.9 Å². The number of rotatable bonds is 7. The van der Waals surface area contributed by atoms with Crippen molar-refractivity contribution in [3.8, 4) is 5.69 Å². The number of aromatic nitrogens is 2. The lowest BCUT2D eigenvalue weighted by molar-refractivity contribution is 0.0950. The molecule has 5 heteroatoms. The third-order valence-corrected chi connectivity index (χ3v) is 5.53. The Kier molecular flexibility index (Phi) is 5.49. The van der Waals surface area contributed by atoms with E-state index in [1.54, 1.807) is 6.20 Å². The Morgan fingerprint density at radius 2 is 1.76 bits per heavy atom. The Balaban J connectivity index is 1.47. The molecule has 1 aromatic heterocycles. The molecule has 5 nitrogen and oxygen atoms in total. The molecule has 1 atom stereocenters. The highest BCUT2D eigenvalue weighted by Gasteiger charge is 2.32. The van der Waals surface area contributed by atoms with Gasteiger partial charge in [-0.15, -0.1) is 0 Å². The van der Waals surface area contributed by atoms with Gasteiger partial charge in [-0.3, -0.25) is 4.79 Å². The highest BCUT2D eigenvalue weighted by atomic mass is 16.1. The zero-order valence-corrected chi connectivity index (χ0v) is 17.0. The Bertz CT molecular complexity index is 972. The van der Waals surface area contributed by atoms with Crippen LogP contribution in [0.1, 0.15) is 71.7 Å². The number of nitrogens with two attached hydrogens (primary N) is 1. The minimum atomic E-state index is -0.242. The van der Waals surface area contributed by atoms with Gasteiger partial charge in [-0.25, -0.2) is 4.68 Å². The first-order valence-electron chi connectivity index (χ1n) is 10.3. The molecule has 1 heterocycles. The van der Waals surface area contributed by atoms with Crippen molar-refractivity contribution in [3.05, 3.63) is 83.2 Å². The molecule has 1 saturated carbocycles. The molecule has 3 N–H and O–H groups in total. The Morgan fingerprint density at radius 3 is 2.38 bits per heavy atom. The largest absolute Gasteiger partial charge is 0.350 e. The van der Waals surface area contributed by atoms with Crippen molar-refractivity contribution in [1.82, 2.24) is 15.1 Å². The fraction of sp³-hybridized carbons (Fsp3) is 0.333. The lowest BCUT2D eigenvalue weighted by atomic mass is 9.99. The first kappa shape index (κ1) is 19.4. The summed E-state index contributed by atoms with van der Waals surface area (Å²) in [5.41, 5.74) is 11.3. The summed E-state index contributed by atoms with van der Waals surface area (Å²) >= 11 is 0. The number of carbonyl (C=O) groups is 1. The zero-order chi connectivity index (χ0) is 20.4. The summed E-state index contributed by atoms with van der Waals surface area (Å²) in [6.07, 6.45) is 3.87. The second-order valence-electron chi connectivity index (χ2n) is 8.10. The van der Waals surface area contributed by atoms with Gasteiger partial charge in [0.05, 0.1) is 23.1 Å². The number of nitrogens with zero attached hydrogens (tertiary/aromatic N) is 2. The number of hydrogen-bond acceptors (Lipinski definition) is 3. The van der Waals surface area contributed by atoms with Crippen molar-refractivity contribution in [2.24, 2.45) is 5.73 Å². The summed E-state index contributed by atoms with van der Waals surface area (Å²) < 4.78 is 1.90. The summed E-state index contributed by atoms with van der Waals surface area (Å²) in [5, 5.41) is 7.51. The quantitative estimate of drug-likeness (QED) is 0.634. The van der Waals surface area contributed by atoms with E-state index in [0.29, 0.717) is 23.9 Å². The van der Waals surface area contributed by atoms with Crippen molar-refractivity contribution in [1.29, 1.82) is 0 Å². The molecule has 4 rings (SSSR count). The molecule has 150 valence electrons. The van der Waals surface area contributed by atoms with Crippen LogP contribution in [0.4, 0.5) is 0 Å². The molecule has 0 aliphatic heterocycles. The van der Waals surface area contributed by atoms with Crippen LogP contribution < -0.4 is 11.1 Å². The molecule has 1 fully saturated rings. The van der Waals surface area contributed by atoms with Gasteiger partial charge in [0.25, 0.3) is 5.91 Å². The second-order valence-corrected chi connectivity index (χ2v) is 8.10. The Labute approximate surface area is 171 Å². The van der Waals surface area contributed by atoms with Crippen LogP contribution in [-0.4, -0.2) is 22.2 Å². The number of amides is 1. The predicted octanol–water partition coefficient (Wildman–Crippen LogP) is 4.30. The van der Waals surface area contributed by atoms with Gasteiger partial charge >= 0.3 is 0 Å². The van der Waals surface area contributed by atoms with Crippen LogP contribution >= 0.6 is 0 Å². The van der Waals surface area contributed by atoms with E-state index < -0.39 is 0 Å². The second kappa shape index (κ2) is 8.21. The third kappa shape index (κ3) is 4.25. The van der Waals surface area contributed by atoms with E-state index in [0.717, 1.165) is 29.8 Å². The van der Waals surface area contributed by atoms with Crippen LogP contribution in [0.15, 0.2) is 60.8 Å². The topological polar surface area (TPSA) is 72.9 Å². The van der Waals surface area contributed by atoms with Gasteiger partial charge in [0.15, 0.2) is 0 Å². The Morgan fingerprint density at radius 1 is 1.10 bits per heavy atom. The van der Waals surface area contributed by atoms with Crippen LogP contribution in [0, 0.1) is 0 Å². The van der Waals surface area contributed by atoms with Crippen LogP contribution in [0.2, 0.25) is 0 Å². The molecular weight excluding hydrogens is 360 g/mol. The van der Waals surface area contributed by atoms with Gasteiger partial charge in [-0.05, 0) is 42.0 Å². The fourth-order valence-corrected chi connectivity index (χ4v) is 3.60. The van der Waals surface area contributed by atoms with E-state index in [1.807, 2.05) is 35.0 Å². The lowest BCUT2D eigenvalue weighted by Gasteiger charge is -2.15. The van der Waals surface area contributed by atoms with Crippen LogP contribution in [0.25, 0.3) is 5.69 Å². The molecule has 0 saturated heterocycles. The average Bonchev–Trinajstić information content (AvgIpc) is 3.50. The highest BCUT2D eigenvalue weighted by Crippen LogP contribution is 2.42. The molecular formula is C24H28N4O. The van der Waals surface area contributed by atoms with Gasteiger partial charge in [-0.1, -0.05) is 56.3 Å². The summed E-state index contributed by atoms with van der Waals surface area (Å²) in [4.78, 5) is 12.9. The maximum absolute atomic E-state index is 12.9. The van der Waals surface area contributed by atoms with Crippen molar-refractivity contribution in [2.75, 3.05) is 6.54 Å². The van der Waals surface area contributed by atoms with Crippen LogP contribution in [-0.2, 0) is 0 Å². The van der Waals surface area contributed by atoms with E-state index in [9.17, 15) is 4.79 Å². The monoisotopic (exact) mass is 388 g/mol. The lowest BCUT2D eigenvalue weighted by Crippen LogP contribution is -2.32. The van der Waals surface area contributed by atoms with E-state index in [1.165, 1.54) is 5.56 Å². The van der Waals surface area contributed by atoms with E-state index in [4.69, 9.17) is 5.73 Å². The molecule has 0 radical (unpaired) electrons. The third-order valence-electron chi connectivity index (χ3n) is 5.53. The van der Waals surface area contributed by atoms with Crippen LogP contribution in [0.5, 0.6) is 0 Å². The molecule has 29 heavy (non-hydrogen) atoms. The summed E-state index contributed by atoms with van der Waals surface area (Å²) in [7, 11) is 0. The molecule has 1 amide bonds. The van der Waals surface area contributed by atoms with Crippen molar-refractivity contribution >= 4 is 5.91 Å². The van der Waals surface area contributed by atoms with Crippen molar-refractivity contribution < 1.29 is 4.79 Å². The molecule has 0 spiro atoms. The molecule has 0 bridgehead atoms. The first-order chi connectivity index (χ1) is 14.0. The minimum Gasteiger partial charge on any atom is -0.350 e. The van der Waals surface area contributed by atoms with Crippen molar-refractivity contribution in [2.45, 2.75) is 44.6 Å². The molecule has 3 aromatic rings. The predicted molar refractivity (Wildman–Crippen MR) is 115 cm³/mol. The molecule has 1 aliphatic rings. The van der Waals surface area contributed by atoms with Gasteiger partial charge in [0.1, 0.15) is 0 Å². The SMILES string of the molecule is CC(C)c1ccc(C(N)CNC(=O)c2cnn(-c3ccccc3)c2C2CC2)cc1. The smallest absolute Gasteiger partial charge is 0.254 e. The molecule has 2 aromatic carbocycles. The van der Waals surface area contributed by atoms with Gasteiger partial charge in [-0.2, -0.15) is 5.10 Å². The molecule has 1 aliphatic carbocycles.